The second-order valence-corrected chi connectivity index (χ2v) is 16.2. The molecule has 9 atom stereocenters. The Hall–Kier alpha value is -2.13. The molecule has 4 fully saturated rings. The summed E-state index contributed by atoms with van der Waals surface area (Å²) in [7, 11) is 2.82. The van der Waals surface area contributed by atoms with Gasteiger partial charge in [-0.2, -0.15) is 0 Å². The summed E-state index contributed by atoms with van der Waals surface area (Å²) in [4.78, 5) is 53.9. The van der Waals surface area contributed by atoms with Crippen LogP contribution in [0.25, 0.3) is 0 Å². The second-order valence-electron chi connectivity index (χ2n) is 13.5. The number of rotatable bonds is 14. The van der Waals surface area contributed by atoms with Gasteiger partial charge >= 0.3 is 6.09 Å². The summed E-state index contributed by atoms with van der Waals surface area (Å²) < 4.78 is 19.0. The topological polar surface area (TPSA) is 164 Å². The molecule has 12 nitrogen and oxygen atoms in total. The first-order valence-corrected chi connectivity index (χ1v) is 18.8. The maximum atomic E-state index is 14.5. The molecule has 0 spiro atoms. The van der Waals surface area contributed by atoms with Gasteiger partial charge in [0.25, 0.3) is 5.09 Å². The van der Waals surface area contributed by atoms with E-state index in [1.54, 1.807) is 12.2 Å². The molecule has 5 aliphatic rings. The molecule has 0 aromatic rings. The Balaban J connectivity index is 1.32. The van der Waals surface area contributed by atoms with Crippen molar-refractivity contribution >= 4 is 39.2 Å². The van der Waals surface area contributed by atoms with Gasteiger partial charge in [-0.15, -0.1) is 10.1 Å². The zero-order valence-corrected chi connectivity index (χ0v) is 28.6. The third kappa shape index (κ3) is 5.90. The zero-order chi connectivity index (χ0) is 33.3. The molecule has 2 N–H and O–H groups in total. The van der Waals surface area contributed by atoms with E-state index in [4.69, 9.17) is 14.2 Å². The van der Waals surface area contributed by atoms with Gasteiger partial charge in [0.1, 0.15) is 12.2 Å². The molecule has 256 valence electrons. The van der Waals surface area contributed by atoms with E-state index in [9.17, 15) is 29.6 Å². The van der Waals surface area contributed by atoms with Crippen LogP contribution in [-0.2, 0) is 28.6 Å². The van der Waals surface area contributed by atoms with Gasteiger partial charge in [-0.05, 0) is 62.5 Å². The molecular weight excluding hydrogens is 636 g/mol. The normalized spacial score (nSPS) is 39.0. The van der Waals surface area contributed by atoms with E-state index in [-0.39, 0.29) is 42.5 Å². The maximum Gasteiger partial charge on any atom is 0.407 e. The fourth-order valence-corrected chi connectivity index (χ4v) is 11.3. The molecular formula is C32H46N2O10S2. The third-order valence-corrected chi connectivity index (χ3v) is 13.6. The van der Waals surface area contributed by atoms with Crippen molar-refractivity contribution in [2.24, 2.45) is 28.6 Å². The first kappa shape index (κ1) is 35.2. The molecule has 4 unspecified atom stereocenters. The second kappa shape index (κ2) is 13.8. The highest BCUT2D eigenvalue weighted by Gasteiger charge is 2.81. The van der Waals surface area contributed by atoms with Gasteiger partial charge in [0.15, 0.2) is 24.3 Å². The zero-order valence-electron chi connectivity index (χ0n) is 27.0. The lowest BCUT2D eigenvalue weighted by molar-refractivity contribution is -0.756. The highest BCUT2D eigenvalue weighted by molar-refractivity contribution is 8.76. The van der Waals surface area contributed by atoms with Crippen LogP contribution in [0.2, 0.25) is 0 Å². The number of hydrogen-bond acceptors (Lipinski definition) is 12. The van der Waals surface area contributed by atoms with Crippen molar-refractivity contribution in [2.45, 2.75) is 96.2 Å². The Morgan fingerprint density at radius 1 is 1.20 bits per heavy atom. The monoisotopic (exact) mass is 682 g/mol. The predicted molar refractivity (Wildman–Crippen MR) is 172 cm³/mol. The number of Topliss-reactive ketones (excluding diaryl/α,β-unsaturated/α-hetero) is 1. The lowest BCUT2D eigenvalue weighted by atomic mass is 9.46. The SMILES string of the molecule is CCCC1O[C@]2(CC)CC3C4CCC5=CC(=O)C=C[C@]5(C)C4[C@@H](O)C[C@]3(C)[C@]2(C(=O)COC(=O)NCCSSCCO[N+](=O)[O-])O1. The van der Waals surface area contributed by atoms with Crippen molar-refractivity contribution < 1.29 is 43.6 Å². The summed E-state index contributed by atoms with van der Waals surface area (Å²) in [6.07, 6.45) is 7.70. The van der Waals surface area contributed by atoms with Crippen LogP contribution >= 0.6 is 21.6 Å². The average Bonchev–Trinajstić information content (AvgIpc) is 3.44. The van der Waals surface area contributed by atoms with Crippen LogP contribution < -0.4 is 5.32 Å². The van der Waals surface area contributed by atoms with Gasteiger partial charge in [-0.25, -0.2) is 4.79 Å². The van der Waals surface area contributed by atoms with Crippen molar-refractivity contribution in [3.05, 3.63) is 33.9 Å². The number of ketones is 2. The third-order valence-electron chi connectivity index (χ3n) is 11.3. The first-order valence-electron chi connectivity index (χ1n) is 16.3. The minimum absolute atomic E-state index is 0.0101. The minimum atomic E-state index is -1.40. The molecule has 1 saturated heterocycles. The number of amides is 1. The number of carbonyl (C=O) groups excluding carboxylic acids is 3. The van der Waals surface area contributed by atoms with Gasteiger partial charge in [-0.3, -0.25) is 9.59 Å². The Morgan fingerprint density at radius 2 is 1.96 bits per heavy atom. The van der Waals surface area contributed by atoms with E-state index in [0.717, 1.165) is 24.8 Å². The van der Waals surface area contributed by atoms with E-state index in [1.807, 2.05) is 19.9 Å². The van der Waals surface area contributed by atoms with E-state index < -0.39 is 52.2 Å². The molecule has 1 amide bonds. The molecule has 4 aliphatic carbocycles. The highest BCUT2D eigenvalue weighted by Crippen LogP contribution is 2.73. The van der Waals surface area contributed by atoms with Crippen LogP contribution in [0.5, 0.6) is 0 Å². The van der Waals surface area contributed by atoms with E-state index in [0.29, 0.717) is 37.2 Å². The fraction of sp³-hybridized carbons (Fsp3) is 0.781. The van der Waals surface area contributed by atoms with Crippen molar-refractivity contribution in [1.29, 1.82) is 0 Å². The van der Waals surface area contributed by atoms with E-state index in [2.05, 4.69) is 24.0 Å². The lowest BCUT2D eigenvalue weighted by Gasteiger charge is -2.59. The summed E-state index contributed by atoms with van der Waals surface area (Å²) in [5, 5.41) is 24.0. The van der Waals surface area contributed by atoms with Crippen molar-refractivity contribution in [3.63, 3.8) is 0 Å². The molecule has 5 rings (SSSR count). The van der Waals surface area contributed by atoms with Crippen LogP contribution in [0, 0.1) is 38.7 Å². The number of nitrogens with one attached hydrogen (secondary N) is 1. The number of carbonyl (C=O) groups is 3. The molecule has 46 heavy (non-hydrogen) atoms. The molecule has 0 aromatic heterocycles. The average molecular weight is 683 g/mol. The van der Waals surface area contributed by atoms with E-state index in [1.165, 1.54) is 21.6 Å². The predicted octanol–water partition coefficient (Wildman–Crippen LogP) is 4.82. The minimum Gasteiger partial charge on any atom is -0.441 e. The van der Waals surface area contributed by atoms with Crippen molar-refractivity contribution in [2.75, 3.05) is 31.3 Å². The number of nitrogens with zero attached hydrogens (tertiary/aromatic N) is 1. The van der Waals surface area contributed by atoms with Crippen LogP contribution in [0.15, 0.2) is 23.8 Å². The quantitative estimate of drug-likeness (QED) is 0.111. The van der Waals surface area contributed by atoms with Gasteiger partial charge in [0, 0.05) is 34.8 Å². The van der Waals surface area contributed by atoms with E-state index >= 15 is 0 Å². The Kier molecular flexibility index (Phi) is 10.5. The van der Waals surface area contributed by atoms with Gasteiger partial charge < -0.3 is 29.5 Å². The summed E-state index contributed by atoms with van der Waals surface area (Å²) in [5.41, 5.74) is -2.49. The molecule has 3 saturated carbocycles. The molecule has 0 radical (unpaired) electrons. The van der Waals surface area contributed by atoms with Crippen molar-refractivity contribution in [3.8, 4) is 0 Å². The van der Waals surface area contributed by atoms with Crippen LogP contribution in [-0.4, -0.2) is 82.7 Å². The smallest absolute Gasteiger partial charge is 0.407 e. The highest BCUT2D eigenvalue weighted by atomic mass is 33.1. The Labute approximate surface area is 277 Å². The molecule has 0 bridgehead atoms. The molecule has 0 aromatic carbocycles. The van der Waals surface area contributed by atoms with Gasteiger partial charge in [0.05, 0.1) is 6.10 Å². The van der Waals surface area contributed by atoms with Crippen molar-refractivity contribution in [1.82, 2.24) is 5.32 Å². The molecule has 1 heterocycles. The lowest BCUT2D eigenvalue weighted by Crippen LogP contribution is -2.66. The van der Waals surface area contributed by atoms with Gasteiger partial charge in [-0.1, -0.05) is 67.4 Å². The summed E-state index contributed by atoms with van der Waals surface area (Å²) in [6.45, 7) is 8.01. The van der Waals surface area contributed by atoms with Crippen LogP contribution in [0.1, 0.15) is 72.6 Å². The first-order chi connectivity index (χ1) is 21.9. The number of fused-ring (bicyclic) bond motifs is 7. The number of ether oxygens (including phenoxy) is 3. The summed E-state index contributed by atoms with van der Waals surface area (Å²) >= 11 is 0. The standard InChI is InChI=1S/C32H46N2O10S2/c1-5-7-26-43-31(6-2)17-23-22-9-8-20-16-21(35)10-11-29(20,3)27(22)24(36)18-30(23,4)32(31,44-26)25(37)19-41-28(38)33-12-14-45-46-15-13-42-34(39)40/h10-11,16,22-24,26-27,36H,5-9,12-15,17-19H2,1-4H3,(H,33,38)/t22?,23?,24-,26?,27?,29-,30-,31+,32-/m0/s1. The Morgan fingerprint density at radius 3 is 2.67 bits per heavy atom. The number of allylic oxidation sites excluding steroid dienone is 4. The fourth-order valence-electron chi connectivity index (χ4n) is 9.53. The van der Waals surface area contributed by atoms with Gasteiger partial charge in [0.2, 0.25) is 5.78 Å². The molecule has 14 heteroatoms. The summed E-state index contributed by atoms with van der Waals surface area (Å²) in [6, 6.07) is 0. The summed E-state index contributed by atoms with van der Waals surface area (Å²) in [5.74, 6) is 0.573. The Bertz CT molecular complexity index is 1280. The number of hydrogen-bond donors (Lipinski definition) is 2. The number of aliphatic hydroxyl groups excluding tert-OH is 1. The van der Waals surface area contributed by atoms with Crippen LogP contribution in [0.3, 0.4) is 0 Å². The molecule has 1 aliphatic heterocycles. The maximum absolute atomic E-state index is 14.5. The van der Waals surface area contributed by atoms with Crippen LogP contribution in [0.4, 0.5) is 4.79 Å². The number of alkyl carbamates (subject to hydrolysis) is 1. The number of aliphatic hydroxyl groups is 1. The largest absolute Gasteiger partial charge is 0.441 e.